The fourth-order valence-corrected chi connectivity index (χ4v) is 2.61. The second kappa shape index (κ2) is 5.00. The zero-order valence-electron chi connectivity index (χ0n) is 10.9. The van der Waals surface area contributed by atoms with Crippen molar-refractivity contribution in [3.8, 4) is 5.88 Å². The Bertz CT molecular complexity index is 568. The number of anilines is 1. The zero-order chi connectivity index (χ0) is 13.2. The summed E-state index contributed by atoms with van der Waals surface area (Å²) in [5.41, 5.74) is 3.07. The highest BCUT2D eigenvalue weighted by Crippen LogP contribution is 2.29. The van der Waals surface area contributed by atoms with E-state index in [1.54, 1.807) is 6.20 Å². The zero-order valence-corrected chi connectivity index (χ0v) is 10.9. The van der Waals surface area contributed by atoms with E-state index in [1.165, 1.54) is 12.8 Å². The first-order valence-electron chi connectivity index (χ1n) is 6.60. The second-order valence-electron chi connectivity index (χ2n) is 5.14. The van der Waals surface area contributed by atoms with Gasteiger partial charge in [-0.1, -0.05) is 13.3 Å². The molecule has 0 aliphatic heterocycles. The summed E-state index contributed by atoms with van der Waals surface area (Å²) in [6, 6.07) is 0. The van der Waals surface area contributed by atoms with Gasteiger partial charge < -0.3 is 4.74 Å². The fourth-order valence-electron chi connectivity index (χ4n) is 2.61. The molecule has 102 valence electrons. The molecule has 0 amide bonds. The number of fused-ring (bicyclic) bond motifs is 1. The average Bonchev–Trinajstić information content (AvgIpc) is 2.87. The maximum absolute atomic E-state index is 6.03. The van der Waals surface area contributed by atoms with E-state index < -0.39 is 0 Å². The Morgan fingerprint density at radius 3 is 3.11 bits per heavy atom. The van der Waals surface area contributed by atoms with Crippen molar-refractivity contribution in [3.63, 3.8) is 0 Å². The highest BCUT2D eigenvalue weighted by molar-refractivity contribution is 5.80. The molecule has 2 aromatic rings. The van der Waals surface area contributed by atoms with Gasteiger partial charge >= 0.3 is 0 Å². The minimum atomic E-state index is 0.211. The molecule has 4 N–H and O–H groups in total. The molecule has 0 aromatic carbocycles. The molecule has 0 bridgehead atoms. The maximum atomic E-state index is 6.03. The van der Waals surface area contributed by atoms with Gasteiger partial charge in [-0.15, -0.1) is 0 Å². The number of hydrazine groups is 1. The lowest BCUT2D eigenvalue weighted by Gasteiger charge is -2.27. The Morgan fingerprint density at radius 1 is 1.42 bits per heavy atom. The van der Waals surface area contributed by atoms with E-state index in [4.69, 9.17) is 10.6 Å². The summed E-state index contributed by atoms with van der Waals surface area (Å²) in [4.78, 5) is 8.46. The molecular weight excluding hydrogens is 244 g/mol. The quantitative estimate of drug-likeness (QED) is 0.573. The van der Waals surface area contributed by atoms with E-state index in [1.807, 2.05) is 0 Å². The van der Waals surface area contributed by atoms with Gasteiger partial charge in [-0.2, -0.15) is 15.1 Å². The van der Waals surface area contributed by atoms with Crippen LogP contribution in [0.3, 0.4) is 0 Å². The smallest absolute Gasteiger partial charge is 0.242 e. The molecule has 2 unspecified atom stereocenters. The summed E-state index contributed by atoms with van der Waals surface area (Å²) in [7, 11) is 0. The van der Waals surface area contributed by atoms with Crippen molar-refractivity contribution in [2.75, 3.05) is 5.43 Å². The van der Waals surface area contributed by atoms with E-state index in [2.05, 4.69) is 32.5 Å². The normalized spacial score (nSPS) is 23.5. The van der Waals surface area contributed by atoms with Crippen LogP contribution >= 0.6 is 0 Å². The monoisotopic (exact) mass is 262 g/mol. The van der Waals surface area contributed by atoms with Crippen molar-refractivity contribution in [2.45, 2.75) is 38.7 Å². The van der Waals surface area contributed by atoms with E-state index in [0.717, 1.165) is 18.2 Å². The van der Waals surface area contributed by atoms with Crippen LogP contribution in [0.4, 0.5) is 5.95 Å². The minimum absolute atomic E-state index is 0.211. The number of nitrogens with zero attached hydrogens (tertiary/aromatic N) is 3. The van der Waals surface area contributed by atoms with Crippen molar-refractivity contribution in [2.24, 2.45) is 11.8 Å². The first-order valence-corrected chi connectivity index (χ1v) is 6.60. The number of nitrogens with one attached hydrogen (secondary N) is 2. The summed E-state index contributed by atoms with van der Waals surface area (Å²) >= 11 is 0. The largest absolute Gasteiger partial charge is 0.474 e. The van der Waals surface area contributed by atoms with Crippen LogP contribution in [0.25, 0.3) is 11.0 Å². The van der Waals surface area contributed by atoms with E-state index in [-0.39, 0.29) is 6.10 Å². The topological polar surface area (TPSA) is 102 Å². The highest BCUT2D eigenvalue weighted by atomic mass is 16.5. The third kappa shape index (κ3) is 2.46. The molecule has 19 heavy (non-hydrogen) atoms. The van der Waals surface area contributed by atoms with Gasteiger partial charge in [-0.05, 0) is 25.2 Å². The Hall–Kier alpha value is -1.89. The van der Waals surface area contributed by atoms with Crippen molar-refractivity contribution < 1.29 is 4.74 Å². The van der Waals surface area contributed by atoms with Crippen molar-refractivity contribution in [1.82, 2.24) is 20.2 Å². The molecule has 0 saturated heterocycles. The number of H-pyrrole nitrogens is 1. The summed E-state index contributed by atoms with van der Waals surface area (Å²) in [6.07, 6.45) is 6.50. The van der Waals surface area contributed by atoms with E-state index >= 15 is 0 Å². The predicted molar refractivity (Wildman–Crippen MR) is 71.5 cm³/mol. The summed E-state index contributed by atoms with van der Waals surface area (Å²) in [5, 5.41) is 7.56. The molecule has 0 radical (unpaired) electrons. The number of hydrogen-bond donors (Lipinski definition) is 3. The minimum Gasteiger partial charge on any atom is -0.474 e. The average molecular weight is 262 g/mol. The van der Waals surface area contributed by atoms with Crippen LogP contribution in [0.15, 0.2) is 6.20 Å². The molecule has 7 nitrogen and oxygen atoms in total. The number of rotatable bonds is 3. The van der Waals surface area contributed by atoms with Crippen LogP contribution in [-0.2, 0) is 0 Å². The third-order valence-corrected chi connectivity index (χ3v) is 3.57. The number of aromatic amines is 1. The predicted octanol–water partition coefficient (Wildman–Crippen LogP) is 1.60. The SMILES string of the molecule is CC1CCCC(Oc2nc(NN)nc3[nH]ncc23)C1. The molecule has 3 rings (SSSR count). The summed E-state index contributed by atoms with van der Waals surface area (Å²) in [6.45, 7) is 2.26. The molecule has 1 saturated carbocycles. The molecule has 2 aromatic heterocycles. The van der Waals surface area contributed by atoms with Crippen LogP contribution in [0.1, 0.15) is 32.6 Å². The van der Waals surface area contributed by atoms with Crippen molar-refractivity contribution in [3.05, 3.63) is 6.20 Å². The first kappa shape index (κ1) is 12.2. The highest BCUT2D eigenvalue weighted by Gasteiger charge is 2.22. The Morgan fingerprint density at radius 2 is 2.32 bits per heavy atom. The van der Waals surface area contributed by atoms with Crippen LogP contribution in [0.2, 0.25) is 0 Å². The fraction of sp³-hybridized carbons (Fsp3) is 0.583. The summed E-state index contributed by atoms with van der Waals surface area (Å²) in [5.74, 6) is 6.95. The molecular formula is C12H18N6O. The second-order valence-corrected chi connectivity index (χ2v) is 5.14. The van der Waals surface area contributed by atoms with E-state index in [0.29, 0.717) is 23.4 Å². The molecule has 2 atom stereocenters. The van der Waals surface area contributed by atoms with Gasteiger partial charge in [-0.25, -0.2) is 5.84 Å². The van der Waals surface area contributed by atoms with Crippen LogP contribution < -0.4 is 16.0 Å². The van der Waals surface area contributed by atoms with E-state index in [9.17, 15) is 0 Å². The van der Waals surface area contributed by atoms with Gasteiger partial charge in [0.25, 0.3) is 0 Å². The molecule has 7 heteroatoms. The van der Waals surface area contributed by atoms with Crippen molar-refractivity contribution in [1.29, 1.82) is 0 Å². The molecule has 1 aliphatic carbocycles. The van der Waals surface area contributed by atoms with Crippen LogP contribution in [0.5, 0.6) is 5.88 Å². The molecule has 1 aliphatic rings. The number of aromatic nitrogens is 4. The van der Waals surface area contributed by atoms with Crippen LogP contribution in [-0.4, -0.2) is 26.3 Å². The molecule has 1 fully saturated rings. The molecule has 0 spiro atoms. The lowest BCUT2D eigenvalue weighted by molar-refractivity contribution is 0.126. The Balaban J connectivity index is 1.88. The number of nitrogen functional groups attached to an aromatic ring is 1. The van der Waals surface area contributed by atoms with Crippen LogP contribution in [0, 0.1) is 5.92 Å². The van der Waals surface area contributed by atoms with Gasteiger partial charge in [0.15, 0.2) is 5.65 Å². The lowest BCUT2D eigenvalue weighted by atomic mass is 9.89. The molecule has 2 heterocycles. The van der Waals surface area contributed by atoms with Gasteiger partial charge in [-0.3, -0.25) is 10.5 Å². The van der Waals surface area contributed by atoms with Gasteiger partial charge in [0.2, 0.25) is 11.8 Å². The summed E-state index contributed by atoms with van der Waals surface area (Å²) < 4.78 is 6.03. The Kier molecular flexibility index (Phi) is 3.20. The first-order chi connectivity index (χ1) is 9.26. The number of hydrogen-bond acceptors (Lipinski definition) is 6. The standard InChI is InChI=1S/C12H18N6O/c1-7-3-2-4-8(5-7)19-11-9-6-14-18-10(9)15-12(16-11)17-13/h6-8H,2-5,13H2,1H3,(H2,14,15,16,17,18). The van der Waals surface area contributed by atoms with Gasteiger partial charge in [0, 0.05) is 0 Å². The third-order valence-electron chi connectivity index (χ3n) is 3.57. The maximum Gasteiger partial charge on any atom is 0.242 e. The van der Waals surface area contributed by atoms with Gasteiger partial charge in [0.1, 0.15) is 11.5 Å². The van der Waals surface area contributed by atoms with Crippen molar-refractivity contribution >= 4 is 17.0 Å². The Labute approximate surface area is 110 Å². The number of ether oxygens (including phenoxy) is 1. The lowest BCUT2D eigenvalue weighted by Crippen LogP contribution is -2.24. The number of nitrogens with two attached hydrogens (primary N) is 1. The van der Waals surface area contributed by atoms with Gasteiger partial charge in [0.05, 0.1) is 6.20 Å².